The third kappa shape index (κ3) is 3.57. The van der Waals surface area contributed by atoms with Crippen molar-refractivity contribution in [3.8, 4) is 0 Å². The van der Waals surface area contributed by atoms with Crippen LogP contribution in [0.3, 0.4) is 0 Å². The minimum absolute atomic E-state index is 0.206. The lowest BCUT2D eigenvalue weighted by Crippen LogP contribution is -2.44. The van der Waals surface area contributed by atoms with Crippen LogP contribution in [0.1, 0.15) is 43.4 Å². The molecule has 0 bridgehead atoms. The number of piperidine rings is 1. The van der Waals surface area contributed by atoms with Gasteiger partial charge >= 0.3 is 0 Å². The topological polar surface area (TPSA) is 55.2 Å². The molecular formula is C21H23F2N3O2. The fourth-order valence-electron chi connectivity index (χ4n) is 4.10. The molecule has 0 atom stereocenters. The van der Waals surface area contributed by atoms with Crippen molar-refractivity contribution in [2.45, 2.75) is 44.1 Å². The molecular weight excluding hydrogens is 364 g/mol. The van der Waals surface area contributed by atoms with Crippen LogP contribution in [0.2, 0.25) is 0 Å². The molecule has 2 aliphatic rings. The molecule has 148 valence electrons. The van der Waals surface area contributed by atoms with Crippen molar-refractivity contribution in [3.63, 3.8) is 0 Å². The number of aromatic nitrogens is 2. The van der Waals surface area contributed by atoms with E-state index in [1.165, 1.54) is 10.9 Å². The Labute approximate surface area is 162 Å². The van der Waals surface area contributed by atoms with Gasteiger partial charge in [-0.25, -0.2) is 13.8 Å². The van der Waals surface area contributed by atoms with E-state index in [2.05, 4.69) is 4.98 Å². The fourth-order valence-corrected chi connectivity index (χ4v) is 4.10. The molecule has 28 heavy (non-hydrogen) atoms. The van der Waals surface area contributed by atoms with Gasteiger partial charge in [-0.05, 0) is 37.2 Å². The maximum Gasteiger partial charge on any atom is 0.280 e. The van der Waals surface area contributed by atoms with Gasteiger partial charge in [0.1, 0.15) is 5.69 Å². The molecule has 0 spiro atoms. The van der Waals surface area contributed by atoms with E-state index >= 15 is 0 Å². The first-order valence-corrected chi connectivity index (χ1v) is 9.69. The molecule has 1 saturated carbocycles. The van der Waals surface area contributed by atoms with E-state index in [9.17, 15) is 18.4 Å². The number of amides is 1. The molecule has 1 saturated heterocycles. The van der Waals surface area contributed by atoms with Crippen molar-refractivity contribution in [2.75, 3.05) is 13.1 Å². The standard InChI is InChI=1S/C21H23F2N3O2/c22-19(23)17-12-18(27)26(14-24-17)13-15-6-10-25(11-7-15)20(28)21(8-9-21)16-4-2-1-3-5-16/h1-5,12,14-15,19H,6-11,13H2. The highest BCUT2D eigenvalue weighted by Gasteiger charge is 2.53. The number of likely N-dealkylation sites (tertiary alicyclic amines) is 1. The summed E-state index contributed by atoms with van der Waals surface area (Å²) in [7, 11) is 0. The van der Waals surface area contributed by atoms with Crippen LogP contribution >= 0.6 is 0 Å². The summed E-state index contributed by atoms with van der Waals surface area (Å²) in [5.74, 6) is 0.435. The number of hydrogen-bond donors (Lipinski definition) is 0. The van der Waals surface area contributed by atoms with Gasteiger partial charge in [0, 0.05) is 25.7 Å². The minimum Gasteiger partial charge on any atom is -0.342 e. The van der Waals surface area contributed by atoms with Gasteiger partial charge in [-0.2, -0.15) is 0 Å². The molecule has 4 rings (SSSR count). The third-order valence-electron chi connectivity index (χ3n) is 5.97. The lowest BCUT2D eigenvalue weighted by Gasteiger charge is -2.34. The van der Waals surface area contributed by atoms with Crippen LogP contribution in [0, 0.1) is 5.92 Å². The van der Waals surface area contributed by atoms with E-state index in [1.54, 1.807) is 0 Å². The van der Waals surface area contributed by atoms with E-state index in [-0.39, 0.29) is 17.2 Å². The maximum absolute atomic E-state index is 13.1. The molecule has 2 fully saturated rings. The van der Waals surface area contributed by atoms with E-state index < -0.39 is 17.7 Å². The Balaban J connectivity index is 1.36. The highest BCUT2D eigenvalue weighted by atomic mass is 19.3. The zero-order valence-corrected chi connectivity index (χ0v) is 15.6. The molecule has 7 heteroatoms. The summed E-state index contributed by atoms with van der Waals surface area (Å²) in [6.07, 6.45) is 1.84. The molecule has 0 N–H and O–H groups in total. The maximum atomic E-state index is 13.1. The highest BCUT2D eigenvalue weighted by molar-refractivity contribution is 5.91. The van der Waals surface area contributed by atoms with Crippen molar-refractivity contribution in [1.82, 2.24) is 14.5 Å². The fraction of sp³-hybridized carbons (Fsp3) is 0.476. The van der Waals surface area contributed by atoms with Crippen LogP contribution in [0.4, 0.5) is 8.78 Å². The van der Waals surface area contributed by atoms with Gasteiger partial charge in [-0.1, -0.05) is 30.3 Å². The second-order valence-corrected chi connectivity index (χ2v) is 7.79. The van der Waals surface area contributed by atoms with Gasteiger partial charge in [0.2, 0.25) is 5.91 Å². The van der Waals surface area contributed by atoms with Crippen molar-refractivity contribution >= 4 is 5.91 Å². The van der Waals surface area contributed by atoms with Crippen LogP contribution < -0.4 is 5.56 Å². The van der Waals surface area contributed by atoms with Gasteiger partial charge in [0.25, 0.3) is 12.0 Å². The average molecular weight is 387 g/mol. The largest absolute Gasteiger partial charge is 0.342 e. The molecule has 1 aliphatic heterocycles. The van der Waals surface area contributed by atoms with Gasteiger partial charge in [0.05, 0.1) is 11.7 Å². The van der Waals surface area contributed by atoms with Crippen LogP contribution in [0.5, 0.6) is 0 Å². The van der Waals surface area contributed by atoms with E-state index in [0.717, 1.165) is 37.3 Å². The normalized spacial score (nSPS) is 19.0. The first kappa shape index (κ1) is 18.8. The quantitative estimate of drug-likeness (QED) is 0.792. The Hall–Kier alpha value is -2.57. The summed E-state index contributed by atoms with van der Waals surface area (Å²) >= 11 is 0. The lowest BCUT2D eigenvalue weighted by atomic mass is 9.91. The molecule has 1 aromatic heterocycles. The van der Waals surface area contributed by atoms with Gasteiger partial charge < -0.3 is 4.90 Å². The van der Waals surface area contributed by atoms with Crippen molar-refractivity contribution in [3.05, 3.63) is 64.3 Å². The zero-order chi connectivity index (χ0) is 19.7. The number of benzene rings is 1. The summed E-state index contributed by atoms with van der Waals surface area (Å²) in [4.78, 5) is 30.7. The Morgan fingerprint density at radius 2 is 1.86 bits per heavy atom. The van der Waals surface area contributed by atoms with Crippen molar-refractivity contribution < 1.29 is 13.6 Å². The van der Waals surface area contributed by atoms with Gasteiger partial charge in [-0.3, -0.25) is 14.2 Å². The summed E-state index contributed by atoms with van der Waals surface area (Å²) in [6, 6.07) is 10.9. The monoisotopic (exact) mass is 387 g/mol. The minimum atomic E-state index is -2.74. The second kappa shape index (κ2) is 7.45. The van der Waals surface area contributed by atoms with Gasteiger partial charge in [-0.15, -0.1) is 0 Å². The molecule has 1 aliphatic carbocycles. The summed E-state index contributed by atoms with van der Waals surface area (Å²) in [5, 5.41) is 0. The summed E-state index contributed by atoms with van der Waals surface area (Å²) in [6.45, 7) is 1.77. The van der Waals surface area contributed by atoms with Gasteiger partial charge in [0.15, 0.2) is 0 Å². The third-order valence-corrected chi connectivity index (χ3v) is 5.97. The molecule has 2 heterocycles. The number of carbonyl (C=O) groups excluding carboxylic acids is 1. The number of nitrogens with zero attached hydrogens (tertiary/aromatic N) is 3. The van der Waals surface area contributed by atoms with E-state index in [1.807, 2.05) is 35.2 Å². The molecule has 5 nitrogen and oxygen atoms in total. The number of halogens is 2. The van der Waals surface area contributed by atoms with Crippen LogP contribution in [0.15, 0.2) is 47.5 Å². The van der Waals surface area contributed by atoms with Crippen molar-refractivity contribution in [2.24, 2.45) is 5.92 Å². The lowest BCUT2D eigenvalue weighted by molar-refractivity contribution is -0.135. The number of rotatable bonds is 5. The van der Waals surface area contributed by atoms with E-state index in [4.69, 9.17) is 0 Å². The Kier molecular flexibility index (Phi) is 5.00. The van der Waals surface area contributed by atoms with Crippen molar-refractivity contribution in [1.29, 1.82) is 0 Å². The molecule has 0 unspecified atom stereocenters. The van der Waals surface area contributed by atoms with E-state index in [0.29, 0.717) is 19.6 Å². The predicted molar refractivity (Wildman–Crippen MR) is 100 cm³/mol. The summed E-state index contributed by atoms with van der Waals surface area (Å²) < 4.78 is 26.7. The number of alkyl halides is 2. The SMILES string of the molecule is O=C(N1CCC(Cn2cnc(C(F)F)cc2=O)CC1)C1(c2ccccc2)CC1. The number of carbonyl (C=O) groups is 1. The molecule has 1 aromatic carbocycles. The summed E-state index contributed by atoms with van der Waals surface area (Å²) in [5.41, 5.74) is -0.193. The Morgan fingerprint density at radius 3 is 2.43 bits per heavy atom. The average Bonchev–Trinajstić information content (AvgIpc) is 3.52. The molecule has 2 aromatic rings. The van der Waals surface area contributed by atoms with Crippen LogP contribution in [-0.4, -0.2) is 33.4 Å². The zero-order valence-electron chi connectivity index (χ0n) is 15.6. The number of hydrogen-bond acceptors (Lipinski definition) is 3. The first-order valence-electron chi connectivity index (χ1n) is 9.69. The Morgan fingerprint density at radius 1 is 1.18 bits per heavy atom. The second-order valence-electron chi connectivity index (χ2n) is 7.79. The van der Waals surface area contributed by atoms with Crippen LogP contribution in [0.25, 0.3) is 0 Å². The molecule has 1 amide bonds. The Bertz CT molecular complexity index is 901. The van der Waals surface area contributed by atoms with Crippen LogP contribution in [-0.2, 0) is 16.8 Å². The first-order chi connectivity index (χ1) is 13.5. The highest BCUT2D eigenvalue weighted by Crippen LogP contribution is 2.49. The predicted octanol–water partition coefficient (Wildman–Crippen LogP) is 3.15. The molecule has 0 radical (unpaired) electrons. The smallest absolute Gasteiger partial charge is 0.280 e.